The fourth-order valence-corrected chi connectivity index (χ4v) is 1.56. The number of hydrogen-bond acceptors (Lipinski definition) is 3. The Morgan fingerprint density at radius 3 is 2.67 bits per heavy atom. The van der Waals surface area contributed by atoms with Gasteiger partial charge in [-0.3, -0.25) is 0 Å². The number of nitrogen functional groups attached to an aromatic ring is 1. The van der Waals surface area contributed by atoms with E-state index in [2.05, 4.69) is 4.90 Å². The van der Waals surface area contributed by atoms with Gasteiger partial charge in [0.1, 0.15) is 5.76 Å². The molecule has 1 aromatic carbocycles. The number of furan rings is 1. The number of para-hydroxylation sites is 2. The molecule has 78 valence electrons. The van der Waals surface area contributed by atoms with Crippen LogP contribution in [0.2, 0.25) is 0 Å². The van der Waals surface area contributed by atoms with Gasteiger partial charge in [-0.15, -0.1) is 0 Å². The molecule has 0 atom stereocenters. The lowest BCUT2D eigenvalue weighted by Gasteiger charge is -2.19. The molecule has 0 aliphatic heterocycles. The minimum Gasteiger partial charge on any atom is -0.467 e. The second-order valence-electron chi connectivity index (χ2n) is 3.49. The monoisotopic (exact) mass is 202 g/mol. The quantitative estimate of drug-likeness (QED) is 0.777. The lowest BCUT2D eigenvalue weighted by Crippen LogP contribution is -2.17. The van der Waals surface area contributed by atoms with E-state index in [1.54, 1.807) is 6.26 Å². The first-order valence-electron chi connectivity index (χ1n) is 4.85. The van der Waals surface area contributed by atoms with Crippen LogP contribution in [0, 0.1) is 0 Å². The Bertz CT molecular complexity index is 423. The predicted molar refractivity (Wildman–Crippen MR) is 61.7 cm³/mol. The van der Waals surface area contributed by atoms with E-state index in [-0.39, 0.29) is 0 Å². The van der Waals surface area contributed by atoms with Gasteiger partial charge in [0.05, 0.1) is 24.2 Å². The van der Waals surface area contributed by atoms with Crippen LogP contribution in [0.5, 0.6) is 0 Å². The van der Waals surface area contributed by atoms with Gasteiger partial charge in [-0.05, 0) is 24.3 Å². The Hall–Kier alpha value is -1.90. The van der Waals surface area contributed by atoms with Crippen molar-refractivity contribution in [3.8, 4) is 0 Å². The van der Waals surface area contributed by atoms with Crippen molar-refractivity contribution in [2.24, 2.45) is 0 Å². The second-order valence-corrected chi connectivity index (χ2v) is 3.49. The van der Waals surface area contributed by atoms with Crippen molar-refractivity contribution in [3.63, 3.8) is 0 Å². The molecule has 0 spiro atoms. The summed E-state index contributed by atoms with van der Waals surface area (Å²) < 4.78 is 5.28. The van der Waals surface area contributed by atoms with E-state index >= 15 is 0 Å². The second kappa shape index (κ2) is 4.09. The number of hydrogen-bond donors (Lipinski definition) is 1. The summed E-state index contributed by atoms with van der Waals surface area (Å²) in [6.45, 7) is 0.723. The van der Waals surface area contributed by atoms with E-state index < -0.39 is 0 Å². The fourth-order valence-electron chi connectivity index (χ4n) is 1.56. The molecule has 0 amide bonds. The van der Waals surface area contributed by atoms with E-state index in [0.717, 1.165) is 23.7 Å². The number of benzene rings is 1. The van der Waals surface area contributed by atoms with E-state index in [0.29, 0.717) is 0 Å². The predicted octanol–water partition coefficient (Wildman–Crippen LogP) is 2.50. The van der Waals surface area contributed by atoms with Crippen molar-refractivity contribution in [2.75, 3.05) is 17.7 Å². The third-order valence-corrected chi connectivity index (χ3v) is 2.32. The highest BCUT2D eigenvalue weighted by molar-refractivity contribution is 5.66. The molecule has 0 fully saturated rings. The van der Waals surface area contributed by atoms with Crippen LogP contribution in [0.25, 0.3) is 0 Å². The van der Waals surface area contributed by atoms with Gasteiger partial charge in [0.2, 0.25) is 0 Å². The Kier molecular flexibility index (Phi) is 2.63. The van der Waals surface area contributed by atoms with E-state index in [1.807, 2.05) is 43.4 Å². The molecular weight excluding hydrogens is 188 g/mol. The zero-order valence-corrected chi connectivity index (χ0v) is 8.68. The van der Waals surface area contributed by atoms with Crippen LogP contribution in [-0.4, -0.2) is 7.05 Å². The van der Waals surface area contributed by atoms with Gasteiger partial charge in [0, 0.05) is 7.05 Å². The molecule has 0 saturated heterocycles. The Labute approximate surface area is 89.1 Å². The molecule has 0 unspecified atom stereocenters. The molecule has 15 heavy (non-hydrogen) atoms. The number of nitrogens with two attached hydrogens (primary N) is 1. The molecule has 0 saturated carbocycles. The Morgan fingerprint density at radius 1 is 1.20 bits per heavy atom. The summed E-state index contributed by atoms with van der Waals surface area (Å²) in [5, 5.41) is 0. The summed E-state index contributed by atoms with van der Waals surface area (Å²) in [6, 6.07) is 11.6. The van der Waals surface area contributed by atoms with Gasteiger partial charge in [-0.1, -0.05) is 12.1 Å². The summed E-state index contributed by atoms with van der Waals surface area (Å²) >= 11 is 0. The highest BCUT2D eigenvalue weighted by atomic mass is 16.3. The maximum Gasteiger partial charge on any atom is 0.123 e. The van der Waals surface area contributed by atoms with E-state index in [4.69, 9.17) is 10.2 Å². The molecule has 3 heteroatoms. The summed E-state index contributed by atoms with van der Waals surface area (Å²) in [5.41, 5.74) is 7.68. The van der Waals surface area contributed by atoms with Gasteiger partial charge >= 0.3 is 0 Å². The first-order chi connectivity index (χ1) is 7.27. The van der Waals surface area contributed by atoms with Gasteiger partial charge in [0.15, 0.2) is 0 Å². The molecule has 0 aliphatic carbocycles. The van der Waals surface area contributed by atoms with Gasteiger partial charge in [-0.25, -0.2) is 0 Å². The van der Waals surface area contributed by atoms with Crippen molar-refractivity contribution in [1.29, 1.82) is 0 Å². The largest absolute Gasteiger partial charge is 0.467 e. The maximum absolute atomic E-state index is 5.88. The highest BCUT2D eigenvalue weighted by Gasteiger charge is 2.06. The molecule has 0 aliphatic rings. The molecular formula is C12H14N2O. The van der Waals surface area contributed by atoms with Gasteiger partial charge in [-0.2, -0.15) is 0 Å². The summed E-state index contributed by atoms with van der Waals surface area (Å²) in [5.74, 6) is 0.931. The van der Waals surface area contributed by atoms with Crippen LogP contribution in [0.15, 0.2) is 47.1 Å². The standard InChI is InChI=1S/C12H14N2O/c1-14(9-10-5-4-8-15-10)12-7-3-2-6-11(12)13/h2-8H,9,13H2,1H3. The lowest BCUT2D eigenvalue weighted by molar-refractivity contribution is 0.507. The zero-order chi connectivity index (χ0) is 10.7. The summed E-state index contributed by atoms with van der Waals surface area (Å²) in [7, 11) is 1.99. The molecule has 3 nitrogen and oxygen atoms in total. The van der Waals surface area contributed by atoms with Crippen LogP contribution >= 0.6 is 0 Å². The van der Waals surface area contributed by atoms with E-state index in [1.165, 1.54) is 0 Å². The van der Waals surface area contributed by atoms with Gasteiger partial charge < -0.3 is 15.1 Å². The minimum atomic E-state index is 0.723. The molecule has 1 heterocycles. The van der Waals surface area contributed by atoms with Crippen molar-refractivity contribution in [2.45, 2.75) is 6.54 Å². The van der Waals surface area contributed by atoms with Crippen LogP contribution in [0.3, 0.4) is 0 Å². The Morgan fingerprint density at radius 2 is 2.00 bits per heavy atom. The van der Waals surface area contributed by atoms with Crippen molar-refractivity contribution < 1.29 is 4.42 Å². The highest BCUT2D eigenvalue weighted by Crippen LogP contribution is 2.22. The summed E-state index contributed by atoms with van der Waals surface area (Å²) in [4.78, 5) is 2.06. The smallest absolute Gasteiger partial charge is 0.123 e. The topological polar surface area (TPSA) is 42.4 Å². The average molecular weight is 202 g/mol. The molecule has 2 N–H and O–H groups in total. The molecule has 2 aromatic rings. The zero-order valence-electron chi connectivity index (χ0n) is 8.68. The normalized spacial score (nSPS) is 10.2. The SMILES string of the molecule is CN(Cc1ccco1)c1ccccc1N. The van der Waals surface area contributed by atoms with Crippen molar-refractivity contribution in [3.05, 3.63) is 48.4 Å². The van der Waals surface area contributed by atoms with Crippen LogP contribution in [0.4, 0.5) is 11.4 Å². The molecule has 0 radical (unpaired) electrons. The van der Waals surface area contributed by atoms with Gasteiger partial charge in [0.25, 0.3) is 0 Å². The fraction of sp³-hybridized carbons (Fsp3) is 0.167. The third kappa shape index (κ3) is 2.13. The molecule has 1 aromatic heterocycles. The number of rotatable bonds is 3. The first-order valence-corrected chi connectivity index (χ1v) is 4.85. The lowest BCUT2D eigenvalue weighted by atomic mass is 10.2. The van der Waals surface area contributed by atoms with Crippen LogP contribution in [0.1, 0.15) is 5.76 Å². The number of anilines is 2. The average Bonchev–Trinajstić information content (AvgIpc) is 2.71. The number of nitrogens with zero attached hydrogens (tertiary/aromatic N) is 1. The Balaban J connectivity index is 2.15. The van der Waals surface area contributed by atoms with Crippen LogP contribution in [-0.2, 0) is 6.54 Å². The third-order valence-electron chi connectivity index (χ3n) is 2.32. The maximum atomic E-state index is 5.88. The van der Waals surface area contributed by atoms with Crippen molar-refractivity contribution >= 4 is 11.4 Å². The van der Waals surface area contributed by atoms with Crippen LogP contribution < -0.4 is 10.6 Å². The summed E-state index contributed by atoms with van der Waals surface area (Å²) in [6.07, 6.45) is 1.68. The molecule has 2 rings (SSSR count). The first kappa shape index (κ1) is 9.65. The minimum absolute atomic E-state index is 0.723. The van der Waals surface area contributed by atoms with E-state index in [9.17, 15) is 0 Å². The molecule has 0 bridgehead atoms. The van der Waals surface area contributed by atoms with Crippen molar-refractivity contribution in [1.82, 2.24) is 0 Å².